The minimum atomic E-state index is -0.776. The van der Waals surface area contributed by atoms with Crippen molar-refractivity contribution in [2.75, 3.05) is 32.2 Å². The van der Waals surface area contributed by atoms with Crippen LogP contribution in [0.3, 0.4) is 0 Å². The van der Waals surface area contributed by atoms with Crippen LogP contribution in [-0.4, -0.2) is 55.5 Å². The molecule has 1 aliphatic heterocycles. The minimum Gasteiger partial charge on any atom is -0.452 e. The first kappa shape index (κ1) is 21.5. The van der Waals surface area contributed by atoms with Gasteiger partial charge in [0.05, 0.1) is 16.7 Å². The van der Waals surface area contributed by atoms with E-state index < -0.39 is 30.3 Å². The second-order valence-corrected chi connectivity index (χ2v) is 6.94. The third kappa shape index (κ3) is 4.84. The largest absolute Gasteiger partial charge is 0.452 e. The maximum atomic E-state index is 12.5. The van der Waals surface area contributed by atoms with Crippen LogP contribution in [0, 0.1) is 0 Å². The Morgan fingerprint density at radius 1 is 1.03 bits per heavy atom. The monoisotopic (exact) mass is 430 g/mol. The van der Waals surface area contributed by atoms with Gasteiger partial charge < -0.3 is 14.8 Å². The Morgan fingerprint density at radius 3 is 2.43 bits per heavy atom. The zero-order chi connectivity index (χ0) is 21.7. The van der Waals surface area contributed by atoms with Gasteiger partial charge in [-0.2, -0.15) is 0 Å². The van der Waals surface area contributed by atoms with Crippen LogP contribution in [0.4, 0.5) is 5.69 Å². The number of imide groups is 1. The molecule has 0 aliphatic carbocycles. The summed E-state index contributed by atoms with van der Waals surface area (Å²) < 4.78 is 9.95. The van der Waals surface area contributed by atoms with E-state index in [2.05, 4.69) is 5.32 Å². The third-order valence-corrected chi connectivity index (χ3v) is 4.65. The van der Waals surface area contributed by atoms with Crippen LogP contribution in [0.2, 0.25) is 5.02 Å². The van der Waals surface area contributed by atoms with E-state index in [1.165, 1.54) is 25.3 Å². The van der Waals surface area contributed by atoms with Crippen LogP contribution in [0.5, 0.6) is 0 Å². The van der Waals surface area contributed by atoms with Crippen LogP contribution in [-0.2, 0) is 14.3 Å². The smallest absolute Gasteiger partial charge is 0.338 e. The summed E-state index contributed by atoms with van der Waals surface area (Å²) in [5, 5.41) is 3.10. The molecule has 9 heteroatoms. The van der Waals surface area contributed by atoms with Crippen molar-refractivity contribution >= 4 is 41.0 Å². The number of methoxy groups -OCH3 is 1. The molecule has 0 spiro atoms. The molecule has 0 aromatic heterocycles. The quantitative estimate of drug-likeness (QED) is 0.392. The fourth-order valence-electron chi connectivity index (χ4n) is 2.93. The molecule has 0 unspecified atom stereocenters. The van der Waals surface area contributed by atoms with Crippen molar-refractivity contribution < 1.29 is 28.7 Å². The second kappa shape index (κ2) is 9.51. The van der Waals surface area contributed by atoms with E-state index in [4.69, 9.17) is 21.1 Å². The predicted octanol–water partition coefficient (Wildman–Crippen LogP) is 2.77. The Kier molecular flexibility index (Phi) is 6.81. The molecule has 0 fully saturated rings. The molecular formula is C21H19ClN2O6. The molecule has 30 heavy (non-hydrogen) atoms. The van der Waals surface area contributed by atoms with Crippen molar-refractivity contribution in [1.29, 1.82) is 0 Å². The molecule has 1 N–H and O–H groups in total. The maximum Gasteiger partial charge on any atom is 0.338 e. The van der Waals surface area contributed by atoms with Crippen molar-refractivity contribution in [3.8, 4) is 0 Å². The SMILES string of the molecule is COCCCN1C(=O)c2ccc(C(=O)OCC(=O)Nc3ccc(Cl)cc3)cc2C1=O. The Balaban J connectivity index is 1.60. The van der Waals surface area contributed by atoms with Crippen molar-refractivity contribution in [3.63, 3.8) is 0 Å². The molecule has 3 rings (SSSR count). The molecule has 0 atom stereocenters. The Morgan fingerprint density at radius 2 is 1.73 bits per heavy atom. The molecule has 0 bridgehead atoms. The van der Waals surface area contributed by atoms with Gasteiger partial charge in [-0.15, -0.1) is 0 Å². The number of amides is 3. The third-order valence-electron chi connectivity index (χ3n) is 4.40. The highest BCUT2D eigenvalue weighted by Crippen LogP contribution is 2.24. The van der Waals surface area contributed by atoms with E-state index in [1.54, 1.807) is 24.3 Å². The van der Waals surface area contributed by atoms with E-state index in [0.717, 1.165) is 4.90 Å². The Labute approximate surface area is 177 Å². The van der Waals surface area contributed by atoms with Crippen molar-refractivity contribution in [2.45, 2.75) is 6.42 Å². The summed E-state index contributed by atoms with van der Waals surface area (Å²) in [4.78, 5) is 50.2. The molecule has 0 radical (unpaired) electrons. The summed E-state index contributed by atoms with van der Waals surface area (Å²) in [6.45, 7) is 0.141. The molecule has 0 saturated carbocycles. The number of esters is 1. The molecular weight excluding hydrogens is 412 g/mol. The number of hydrogen-bond donors (Lipinski definition) is 1. The van der Waals surface area contributed by atoms with Gasteiger partial charge in [0.15, 0.2) is 6.61 Å². The molecule has 3 amide bonds. The summed E-state index contributed by atoms with van der Waals surface area (Å²) in [5.41, 5.74) is 0.954. The average molecular weight is 431 g/mol. The molecule has 156 valence electrons. The van der Waals surface area contributed by atoms with Gasteiger partial charge in [0.25, 0.3) is 17.7 Å². The highest BCUT2D eigenvalue weighted by atomic mass is 35.5. The van der Waals surface area contributed by atoms with E-state index in [9.17, 15) is 19.2 Å². The standard InChI is InChI=1S/C21H19ClN2O6/c1-29-10-2-9-24-19(26)16-8-3-13(11-17(16)20(24)27)21(28)30-12-18(25)23-15-6-4-14(22)5-7-15/h3-8,11H,2,9-10,12H2,1H3,(H,23,25). The molecule has 0 saturated heterocycles. The van der Waals surface area contributed by atoms with Crippen LogP contribution >= 0.6 is 11.6 Å². The lowest BCUT2D eigenvalue weighted by molar-refractivity contribution is -0.119. The van der Waals surface area contributed by atoms with Crippen LogP contribution in [0.25, 0.3) is 0 Å². The number of ether oxygens (including phenoxy) is 2. The van der Waals surface area contributed by atoms with E-state index in [-0.39, 0.29) is 23.2 Å². The van der Waals surface area contributed by atoms with Gasteiger partial charge in [-0.05, 0) is 48.9 Å². The van der Waals surface area contributed by atoms with Crippen LogP contribution < -0.4 is 5.32 Å². The average Bonchev–Trinajstić information content (AvgIpc) is 2.98. The van der Waals surface area contributed by atoms with Crippen molar-refractivity contribution in [2.24, 2.45) is 0 Å². The van der Waals surface area contributed by atoms with Crippen LogP contribution in [0.1, 0.15) is 37.5 Å². The normalized spacial score (nSPS) is 12.7. The number of benzene rings is 2. The first-order valence-corrected chi connectivity index (χ1v) is 9.50. The number of halogens is 1. The zero-order valence-electron chi connectivity index (χ0n) is 16.1. The molecule has 2 aromatic rings. The highest BCUT2D eigenvalue weighted by molar-refractivity contribution is 6.30. The lowest BCUT2D eigenvalue weighted by Gasteiger charge is -2.12. The number of carbonyl (C=O) groups is 4. The lowest BCUT2D eigenvalue weighted by Crippen LogP contribution is -2.31. The number of fused-ring (bicyclic) bond motifs is 1. The first-order chi connectivity index (χ1) is 14.4. The Bertz CT molecular complexity index is 989. The first-order valence-electron chi connectivity index (χ1n) is 9.12. The van der Waals surface area contributed by atoms with Gasteiger partial charge in [-0.3, -0.25) is 19.3 Å². The number of nitrogens with one attached hydrogen (secondary N) is 1. The lowest BCUT2D eigenvalue weighted by atomic mass is 10.1. The van der Waals surface area contributed by atoms with E-state index >= 15 is 0 Å². The fourth-order valence-corrected chi connectivity index (χ4v) is 3.06. The maximum absolute atomic E-state index is 12.5. The topological polar surface area (TPSA) is 102 Å². The molecule has 2 aromatic carbocycles. The van der Waals surface area contributed by atoms with E-state index in [0.29, 0.717) is 23.7 Å². The summed E-state index contributed by atoms with van der Waals surface area (Å²) >= 11 is 5.78. The van der Waals surface area contributed by atoms with Gasteiger partial charge in [0.2, 0.25) is 0 Å². The number of hydrogen-bond acceptors (Lipinski definition) is 6. The van der Waals surface area contributed by atoms with Crippen molar-refractivity contribution in [3.05, 3.63) is 64.2 Å². The van der Waals surface area contributed by atoms with Gasteiger partial charge in [-0.25, -0.2) is 4.79 Å². The summed E-state index contributed by atoms with van der Waals surface area (Å²) in [7, 11) is 1.54. The zero-order valence-corrected chi connectivity index (χ0v) is 16.9. The summed E-state index contributed by atoms with van der Waals surface area (Å²) in [5.74, 6) is -2.18. The van der Waals surface area contributed by atoms with Gasteiger partial charge in [0, 0.05) is 31.0 Å². The molecule has 1 heterocycles. The summed E-state index contributed by atoms with van der Waals surface area (Å²) in [6.07, 6.45) is 0.513. The number of nitrogens with zero attached hydrogens (tertiary/aromatic N) is 1. The van der Waals surface area contributed by atoms with Gasteiger partial charge >= 0.3 is 5.97 Å². The number of rotatable bonds is 8. The Hall–Kier alpha value is -3.23. The predicted molar refractivity (Wildman–Crippen MR) is 109 cm³/mol. The summed E-state index contributed by atoms with van der Waals surface area (Å²) in [6, 6.07) is 10.6. The van der Waals surface area contributed by atoms with Gasteiger partial charge in [-0.1, -0.05) is 11.6 Å². The molecule has 8 nitrogen and oxygen atoms in total. The minimum absolute atomic E-state index is 0.0768. The number of anilines is 1. The van der Waals surface area contributed by atoms with Gasteiger partial charge in [0.1, 0.15) is 0 Å². The fraction of sp³-hybridized carbons (Fsp3) is 0.238. The van der Waals surface area contributed by atoms with Crippen LogP contribution in [0.15, 0.2) is 42.5 Å². The number of carbonyl (C=O) groups excluding carboxylic acids is 4. The highest BCUT2D eigenvalue weighted by Gasteiger charge is 2.35. The van der Waals surface area contributed by atoms with E-state index in [1.807, 2.05) is 0 Å². The second-order valence-electron chi connectivity index (χ2n) is 6.50. The molecule has 1 aliphatic rings. The van der Waals surface area contributed by atoms with Crippen molar-refractivity contribution in [1.82, 2.24) is 4.90 Å².